The Bertz CT molecular complexity index is 331. The molecule has 134 valence electrons. The van der Waals surface area contributed by atoms with Gasteiger partial charge >= 0.3 is 6.09 Å². The number of alkyl carbamates (subject to hydrolysis) is 1. The lowest BCUT2D eigenvalue weighted by Crippen LogP contribution is -2.36. The SMILES string of the molecule is CCCCCCCCCCCCCC=C[C@@H](O)[C@@H]1COC(=O)N1. The van der Waals surface area contributed by atoms with Gasteiger partial charge in [-0.05, 0) is 12.8 Å². The van der Waals surface area contributed by atoms with Crippen molar-refractivity contribution in [2.24, 2.45) is 0 Å². The zero-order chi connectivity index (χ0) is 16.8. The average molecular weight is 325 g/mol. The maximum atomic E-state index is 10.9. The molecule has 1 amide bonds. The minimum Gasteiger partial charge on any atom is -0.447 e. The number of hydrogen-bond acceptors (Lipinski definition) is 3. The Hall–Kier alpha value is -1.03. The Kier molecular flexibility index (Phi) is 11.7. The monoisotopic (exact) mass is 325 g/mol. The molecule has 0 spiro atoms. The number of hydrogen-bond donors (Lipinski definition) is 2. The van der Waals surface area contributed by atoms with Gasteiger partial charge in [-0.15, -0.1) is 0 Å². The van der Waals surface area contributed by atoms with Crippen LogP contribution in [0, 0.1) is 0 Å². The summed E-state index contributed by atoms with van der Waals surface area (Å²) in [6.07, 6.45) is 18.5. The van der Waals surface area contributed by atoms with Gasteiger partial charge in [0, 0.05) is 0 Å². The molecule has 0 aliphatic carbocycles. The molecule has 0 saturated carbocycles. The number of allylic oxidation sites excluding steroid dienone is 1. The highest BCUT2D eigenvalue weighted by Gasteiger charge is 2.26. The average Bonchev–Trinajstić information content (AvgIpc) is 2.98. The summed E-state index contributed by atoms with van der Waals surface area (Å²) in [4.78, 5) is 10.9. The van der Waals surface area contributed by atoms with Crippen LogP contribution in [-0.2, 0) is 4.74 Å². The van der Waals surface area contributed by atoms with Gasteiger partial charge in [0.2, 0.25) is 0 Å². The third-order valence-electron chi connectivity index (χ3n) is 4.42. The number of rotatable bonds is 14. The van der Waals surface area contributed by atoms with Crippen LogP contribution in [0.4, 0.5) is 4.79 Å². The molecule has 1 rings (SSSR count). The van der Waals surface area contributed by atoms with E-state index in [2.05, 4.69) is 12.2 Å². The van der Waals surface area contributed by atoms with Crippen LogP contribution in [-0.4, -0.2) is 30.0 Å². The fraction of sp³-hybridized carbons (Fsp3) is 0.842. The molecule has 1 saturated heterocycles. The van der Waals surface area contributed by atoms with Crippen molar-refractivity contribution < 1.29 is 14.6 Å². The van der Waals surface area contributed by atoms with Crippen LogP contribution in [0.5, 0.6) is 0 Å². The summed E-state index contributed by atoms with van der Waals surface area (Å²) in [7, 11) is 0. The number of carbonyl (C=O) groups is 1. The van der Waals surface area contributed by atoms with Gasteiger partial charge in [-0.2, -0.15) is 0 Å². The normalized spacial score (nSPS) is 19.0. The summed E-state index contributed by atoms with van der Waals surface area (Å²) in [5, 5.41) is 12.5. The Morgan fingerprint density at radius 3 is 2.17 bits per heavy atom. The second-order valence-corrected chi connectivity index (χ2v) is 6.59. The van der Waals surface area contributed by atoms with Gasteiger partial charge in [0.15, 0.2) is 0 Å². The Morgan fingerprint density at radius 2 is 1.65 bits per heavy atom. The smallest absolute Gasteiger partial charge is 0.407 e. The van der Waals surface area contributed by atoms with Gasteiger partial charge in [-0.3, -0.25) is 0 Å². The molecule has 1 aliphatic rings. The first-order valence-corrected chi connectivity index (χ1v) is 9.52. The van der Waals surface area contributed by atoms with Crippen LogP contribution in [0.2, 0.25) is 0 Å². The Morgan fingerprint density at radius 1 is 1.09 bits per heavy atom. The largest absolute Gasteiger partial charge is 0.447 e. The minimum absolute atomic E-state index is 0.253. The van der Waals surface area contributed by atoms with Crippen molar-refractivity contribution in [1.29, 1.82) is 0 Å². The molecule has 1 fully saturated rings. The molecule has 0 radical (unpaired) electrons. The lowest BCUT2D eigenvalue weighted by molar-refractivity contribution is 0.156. The molecule has 0 bridgehead atoms. The molecule has 2 N–H and O–H groups in total. The molecule has 4 heteroatoms. The van der Waals surface area contributed by atoms with Crippen LogP contribution >= 0.6 is 0 Å². The van der Waals surface area contributed by atoms with Gasteiger partial charge in [0.05, 0.1) is 12.1 Å². The molecule has 0 aromatic rings. The first-order chi connectivity index (χ1) is 11.2. The molecule has 1 aliphatic heterocycles. The summed E-state index contributed by atoms with van der Waals surface area (Å²) in [6.45, 7) is 2.51. The van der Waals surface area contributed by atoms with Crippen LogP contribution in [0.3, 0.4) is 0 Å². The van der Waals surface area contributed by atoms with Crippen molar-refractivity contribution in [3.8, 4) is 0 Å². The molecule has 4 nitrogen and oxygen atoms in total. The number of unbranched alkanes of at least 4 members (excludes halogenated alkanes) is 11. The van der Waals surface area contributed by atoms with E-state index in [9.17, 15) is 9.90 Å². The quantitative estimate of drug-likeness (QED) is 0.359. The number of aliphatic hydroxyl groups is 1. The first kappa shape index (κ1) is 20.0. The van der Waals surface area contributed by atoms with E-state index in [1.165, 1.54) is 70.6 Å². The lowest BCUT2D eigenvalue weighted by Gasteiger charge is -2.11. The van der Waals surface area contributed by atoms with Crippen LogP contribution < -0.4 is 5.32 Å². The van der Waals surface area contributed by atoms with E-state index in [1.807, 2.05) is 6.08 Å². The highest BCUT2D eigenvalue weighted by molar-refractivity contribution is 5.69. The molecule has 0 unspecified atom stereocenters. The fourth-order valence-electron chi connectivity index (χ4n) is 2.88. The van der Waals surface area contributed by atoms with E-state index < -0.39 is 12.2 Å². The van der Waals surface area contributed by atoms with Gasteiger partial charge in [0.25, 0.3) is 0 Å². The van der Waals surface area contributed by atoms with Crippen molar-refractivity contribution >= 4 is 6.09 Å². The van der Waals surface area contributed by atoms with Gasteiger partial charge < -0.3 is 15.2 Å². The Labute approximate surface area is 141 Å². The first-order valence-electron chi connectivity index (χ1n) is 9.52. The predicted molar refractivity (Wildman–Crippen MR) is 94.5 cm³/mol. The minimum atomic E-state index is -0.644. The van der Waals surface area contributed by atoms with Crippen LogP contribution in [0.15, 0.2) is 12.2 Å². The van der Waals surface area contributed by atoms with E-state index >= 15 is 0 Å². The number of nitrogens with one attached hydrogen (secondary N) is 1. The molecule has 2 atom stereocenters. The number of amides is 1. The topological polar surface area (TPSA) is 58.6 Å². The van der Waals surface area contributed by atoms with E-state index in [1.54, 1.807) is 6.08 Å². The Balaban J connectivity index is 1.84. The lowest BCUT2D eigenvalue weighted by atomic mass is 10.0. The summed E-state index contributed by atoms with van der Waals surface area (Å²) >= 11 is 0. The summed E-state index contributed by atoms with van der Waals surface area (Å²) in [5.74, 6) is 0. The van der Waals surface area contributed by atoms with E-state index in [0.29, 0.717) is 0 Å². The van der Waals surface area contributed by atoms with Crippen molar-refractivity contribution in [2.45, 2.75) is 96.1 Å². The van der Waals surface area contributed by atoms with E-state index in [0.717, 1.165) is 6.42 Å². The second-order valence-electron chi connectivity index (χ2n) is 6.59. The molecule has 0 aromatic heterocycles. The van der Waals surface area contributed by atoms with Gasteiger partial charge in [-0.1, -0.05) is 83.3 Å². The van der Waals surface area contributed by atoms with Gasteiger partial charge in [-0.25, -0.2) is 4.79 Å². The van der Waals surface area contributed by atoms with Gasteiger partial charge in [0.1, 0.15) is 6.61 Å². The highest BCUT2D eigenvalue weighted by Crippen LogP contribution is 2.12. The predicted octanol–water partition coefficient (Wildman–Crippen LogP) is 4.71. The zero-order valence-electron chi connectivity index (χ0n) is 14.8. The number of cyclic esters (lactones) is 1. The second kappa shape index (κ2) is 13.4. The molecular weight excluding hydrogens is 290 g/mol. The maximum absolute atomic E-state index is 10.9. The van der Waals surface area contributed by atoms with Crippen LogP contribution in [0.1, 0.15) is 84.0 Å². The van der Waals surface area contributed by atoms with Crippen molar-refractivity contribution in [1.82, 2.24) is 5.32 Å². The standard InChI is InChI=1S/C19H35NO3/c1-2-3-4-5-6-7-8-9-10-11-12-13-14-15-18(21)17-16-23-19(22)20-17/h14-15,17-18,21H,2-13,16H2,1H3,(H,20,22)/t17-,18+/m0/s1. The van der Waals surface area contributed by atoms with Crippen molar-refractivity contribution in [3.63, 3.8) is 0 Å². The molecule has 23 heavy (non-hydrogen) atoms. The van der Waals surface area contributed by atoms with Crippen LogP contribution in [0.25, 0.3) is 0 Å². The third-order valence-corrected chi connectivity index (χ3v) is 4.42. The molecule has 1 heterocycles. The maximum Gasteiger partial charge on any atom is 0.407 e. The highest BCUT2D eigenvalue weighted by atomic mass is 16.6. The van der Waals surface area contributed by atoms with E-state index in [4.69, 9.17) is 4.74 Å². The van der Waals surface area contributed by atoms with E-state index in [-0.39, 0.29) is 12.6 Å². The summed E-state index contributed by atoms with van der Waals surface area (Å²) in [5.41, 5.74) is 0. The van der Waals surface area contributed by atoms with Crippen molar-refractivity contribution in [3.05, 3.63) is 12.2 Å². The number of ether oxygens (including phenoxy) is 1. The molecular formula is C19H35NO3. The number of carbonyl (C=O) groups excluding carboxylic acids is 1. The summed E-state index contributed by atoms with van der Waals surface area (Å²) < 4.78 is 4.76. The third kappa shape index (κ3) is 10.4. The summed E-state index contributed by atoms with van der Waals surface area (Å²) in [6, 6.07) is -0.295. The molecule has 0 aromatic carbocycles. The zero-order valence-corrected chi connectivity index (χ0v) is 14.8. The number of aliphatic hydroxyl groups excluding tert-OH is 1. The fourth-order valence-corrected chi connectivity index (χ4v) is 2.88. The van der Waals surface area contributed by atoms with Crippen molar-refractivity contribution in [2.75, 3.05) is 6.61 Å².